The second-order valence-corrected chi connectivity index (χ2v) is 3.20. The minimum absolute atomic E-state index is 0.283. The van der Waals surface area contributed by atoms with E-state index in [1.807, 2.05) is 0 Å². The van der Waals surface area contributed by atoms with Gasteiger partial charge < -0.3 is 10.8 Å². The molecule has 0 saturated heterocycles. The van der Waals surface area contributed by atoms with Gasteiger partial charge in [-0.15, -0.1) is 0 Å². The summed E-state index contributed by atoms with van der Waals surface area (Å²) in [4.78, 5) is 9.60. The van der Waals surface area contributed by atoms with Gasteiger partial charge >= 0.3 is 0 Å². The van der Waals surface area contributed by atoms with Crippen LogP contribution in [0.4, 0.5) is 14.5 Å². The largest absolute Gasteiger partial charge is 0.507 e. The Bertz CT molecular complexity index is 410. The minimum Gasteiger partial charge on any atom is -0.507 e. The number of alkyl halides is 2. The first-order valence-corrected chi connectivity index (χ1v) is 4.44. The Hall–Kier alpha value is -1.76. The summed E-state index contributed by atoms with van der Waals surface area (Å²) in [7, 11) is 0. The third-order valence-electron chi connectivity index (χ3n) is 2.04. The number of phenolic OH excluding ortho intramolecular Hbond substituents is 1. The van der Waals surface area contributed by atoms with Crippen LogP contribution in [-0.2, 0) is 5.92 Å². The lowest BCUT2D eigenvalue weighted by atomic mass is 10.0. The number of aromatic hydroxyl groups is 1. The van der Waals surface area contributed by atoms with Gasteiger partial charge in [-0.05, 0) is 12.6 Å². The molecule has 0 spiro atoms. The Labute approximate surface area is 89.6 Å². The van der Waals surface area contributed by atoms with Crippen LogP contribution in [0.15, 0.2) is 18.2 Å². The standard InChI is InChI=1S/C9H10F2N2O3/c10-9(11,3-4-12)7-5-6(13(15)16)1-2-8(7)14/h1-2,5,14H,3-4,12H2. The zero-order valence-electron chi connectivity index (χ0n) is 8.19. The highest BCUT2D eigenvalue weighted by atomic mass is 19.3. The van der Waals surface area contributed by atoms with E-state index in [0.717, 1.165) is 12.1 Å². The average molecular weight is 232 g/mol. The summed E-state index contributed by atoms with van der Waals surface area (Å²) in [5.41, 5.74) is 3.74. The van der Waals surface area contributed by atoms with E-state index < -0.39 is 34.3 Å². The van der Waals surface area contributed by atoms with Gasteiger partial charge in [0.25, 0.3) is 11.6 Å². The molecule has 0 aliphatic heterocycles. The lowest BCUT2D eigenvalue weighted by molar-refractivity contribution is -0.385. The molecule has 0 saturated carbocycles. The number of hydrogen-bond donors (Lipinski definition) is 2. The van der Waals surface area contributed by atoms with Gasteiger partial charge in [-0.25, -0.2) is 8.78 Å². The number of nitrogens with two attached hydrogens (primary N) is 1. The number of non-ortho nitro benzene ring substituents is 1. The van der Waals surface area contributed by atoms with Crippen molar-refractivity contribution >= 4 is 5.69 Å². The lowest BCUT2D eigenvalue weighted by Crippen LogP contribution is -2.19. The number of rotatable bonds is 4. The van der Waals surface area contributed by atoms with Crippen LogP contribution in [0.1, 0.15) is 12.0 Å². The maximum Gasteiger partial charge on any atom is 0.278 e. The maximum absolute atomic E-state index is 13.4. The van der Waals surface area contributed by atoms with Gasteiger partial charge in [-0.3, -0.25) is 10.1 Å². The zero-order valence-corrected chi connectivity index (χ0v) is 8.19. The van der Waals surface area contributed by atoms with Gasteiger partial charge in [0, 0.05) is 18.6 Å². The quantitative estimate of drug-likeness (QED) is 0.611. The molecule has 88 valence electrons. The number of nitro benzene ring substituents is 1. The van der Waals surface area contributed by atoms with E-state index in [1.54, 1.807) is 0 Å². The molecule has 0 radical (unpaired) electrons. The van der Waals surface area contributed by atoms with Crippen LogP contribution in [0, 0.1) is 10.1 Å². The summed E-state index contributed by atoms with van der Waals surface area (Å²) in [5.74, 6) is -4.05. The molecule has 0 aromatic heterocycles. The van der Waals surface area contributed by atoms with E-state index in [9.17, 15) is 24.0 Å². The Morgan fingerprint density at radius 2 is 2.12 bits per heavy atom. The molecule has 3 N–H and O–H groups in total. The highest BCUT2D eigenvalue weighted by Crippen LogP contribution is 2.38. The van der Waals surface area contributed by atoms with E-state index in [0.29, 0.717) is 6.07 Å². The van der Waals surface area contributed by atoms with Gasteiger partial charge in [-0.1, -0.05) is 0 Å². The molecule has 0 bridgehead atoms. The predicted octanol–water partition coefficient (Wildman–Crippen LogP) is 1.74. The molecule has 0 aliphatic rings. The van der Waals surface area contributed by atoms with Crippen molar-refractivity contribution in [3.63, 3.8) is 0 Å². The normalized spacial score (nSPS) is 11.4. The van der Waals surface area contributed by atoms with Crippen LogP contribution in [0.25, 0.3) is 0 Å². The first-order valence-electron chi connectivity index (χ1n) is 4.44. The fourth-order valence-electron chi connectivity index (χ4n) is 1.25. The van der Waals surface area contributed by atoms with Crippen LogP contribution in [-0.4, -0.2) is 16.6 Å². The highest BCUT2D eigenvalue weighted by molar-refractivity contribution is 5.45. The molecule has 16 heavy (non-hydrogen) atoms. The molecular weight excluding hydrogens is 222 g/mol. The SMILES string of the molecule is NCCC(F)(F)c1cc([N+](=O)[O-])ccc1O. The molecule has 7 heteroatoms. The van der Waals surface area contributed by atoms with E-state index in [2.05, 4.69) is 0 Å². The fourth-order valence-corrected chi connectivity index (χ4v) is 1.25. The Kier molecular flexibility index (Phi) is 3.38. The summed E-state index contributed by atoms with van der Waals surface area (Å²) in [6.45, 7) is -0.283. The Morgan fingerprint density at radius 3 is 2.62 bits per heavy atom. The molecule has 0 aliphatic carbocycles. The van der Waals surface area contributed by atoms with Gasteiger partial charge in [0.1, 0.15) is 5.75 Å². The minimum atomic E-state index is -3.37. The Morgan fingerprint density at radius 1 is 1.50 bits per heavy atom. The fraction of sp³-hybridized carbons (Fsp3) is 0.333. The highest BCUT2D eigenvalue weighted by Gasteiger charge is 2.34. The molecule has 0 atom stereocenters. The Balaban J connectivity index is 3.21. The smallest absolute Gasteiger partial charge is 0.278 e. The van der Waals surface area contributed by atoms with Crippen molar-refractivity contribution in [2.24, 2.45) is 5.73 Å². The molecule has 1 rings (SSSR count). The summed E-state index contributed by atoms with van der Waals surface area (Å²) in [6.07, 6.45) is -0.679. The summed E-state index contributed by atoms with van der Waals surface area (Å²) >= 11 is 0. The van der Waals surface area contributed by atoms with Crippen LogP contribution < -0.4 is 5.73 Å². The van der Waals surface area contributed by atoms with E-state index >= 15 is 0 Å². The van der Waals surface area contributed by atoms with Crippen molar-refractivity contribution in [1.82, 2.24) is 0 Å². The van der Waals surface area contributed by atoms with Crippen molar-refractivity contribution in [3.8, 4) is 5.75 Å². The van der Waals surface area contributed by atoms with Crippen LogP contribution in [0.3, 0.4) is 0 Å². The number of nitrogens with zero attached hydrogens (tertiary/aromatic N) is 1. The number of benzene rings is 1. The van der Waals surface area contributed by atoms with Gasteiger partial charge in [-0.2, -0.15) is 0 Å². The summed E-state index contributed by atoms with van der Waals surface area (Å²) in [5, 5.41) is 19.6. The molecule has 0 unspecified atom stereocenters. The zero-order chi connectivity index (χ0) is 12.3. The van der Waals surface area contributed by atoms with Crippen LogP contribution in [0.5, 0.6) is 5.75 Å². The van der Waals surface area contributed by atoms with Crippen molar-refractivity contribution in [2.45, 2.75) is 12.3 Å². The maximum atomic E-state index is 13.4. The summed E-state index contributed by atoms with van der Waals surface area (Å²) in [6, 6.07) is 2.49. The van der Waals surface area contributed by atoms with Crippen molar-refractivity contribution in [3.05, 3.63) is 33.9 Å². The molecule has 0 amide bonds. The predicted molar refractivity (Wildman–Crippen MR) is 52.3 cm³/mol. The lowest BCUT2D eigenvalue weighted by Gasteiger charge is -2.16. The van der Waals surface area contributed by atoms with Crippen molar-refractivity contribution < 1.29 is 18.8 Å². The van der Waals surface area contributed by atoms with Gasteiger partial charge in [0.15, 0.2) is 0 Å². The third kappa shape index (κ3) is 2.43. The number of halogens is 2. The monoisotopic (exact) mass is 232 g/mol. The topological polar surface area (TPSA) is 89.4 Å². The molecule has 1 aromatic rings. The number of nitro groups is 1. The van der Waals surface area contributed by atoms with Crippen molar-refractivity contribution in [2.75, 3.05) is 6.54 Å². The molecule has 5 nitrogen and oxygen atoms in total. The molecule has 0 heterocycles. The van der Waals surface area contributed by atoms with Crippen LogP contribution in [0.2, 0.25) is 0 Å². The summed E-state index contributed by atoms with van der Waals surface area (Å²) < 4.78 is 26.8. The van der Waals surface area contributed by atoms with E-state index in [1.165, 1.54) is 0 Å². The van der Waals surface area contributed by atoms with Crippen molar-refractivity contribution in [1.29, 1.82) is 0 Å². The van der Waals surface area contributed by atoms with E-state index in [-0.39, 0.29) is 6.54 Å². The van der Waals surface area contributed by atoms with Crippen LogP contribution >= 0.6 is 0 Å². The first-order chi connectivity index (χ1) is 7.38. The molecule has 1 aromatic carbocycles. The molecule has 0 fully saturated rings. The van der Waals surface area contributed by atoms with E-state index in [4.69, 9.17) is 5.73 Å². The molecular formula is C9H10F2N2O3. The average Bonchev–Trinajstić information content (AvgIpc) is 2.17. The number of hydrogen-bond acceptors (Lipinski definition) is 4. The number of phenols is 1. The van der Waals surface area contributed by atoms with Gasteiger partial charge in [0.2, 0.25) is 0 Å². The second kappa shape index (κ2) is 4.40. The van der Waals surface area contributed by atoms with Gasteiger partial charge in [0.05, 0.1) is 10.5 Å². The first kappa shape index (κ1) is 12.3. The third-order valence-corrected chi connectivity index (χ3v) is 2.04. The second-order valence-electron chi connectivity index (χ2n) is 3.20.